The predicted molar refractivity (Wildman–Crippen MR) is 82.4 cm³/mol. The molecule has 0 aliphatic heterocycles. The van der Waals surface area contributed by atoms with Gasteiger partial charge in [-0.15, -0.1) is 0 Å². The van der Waals surface area contributed by atoms with Gasteiger partial charge in [-0.05, 0) is 48.2 Å². The summed E-state index contributed by atoms with van der Waals surface area (Å²) in [5, 5.41) is 0. The van der Waals surface area contributed by atoms with Crippen LogP contribution in [0.4, 0.5) is 0 Å². The molecule has 0 spiro atoms. The molecule has 0 unspecified atom stereocenters. The van der Waals surface area contributed by atoms with E-state index in [0.29, 0.717) is 6.54 Å². The molecule has 2 aromatic carbocycles. The smallest absolute Gasteiger partial charge is 0.161 e. The average Bonchev–Trinajstić information content (AvgIpc) is 2.52. The van der Waals surface area contributed by atoms with Crippen molar-refractivity contribution in [1.82, 2.24) is 0 Å². The van der Waals surface area contributed by atoms with E-state index in [2.05, 4.69) is 30.3 Å². The summed E-state index contributed by atoms with van der Waals surface area (Å²) in [5.41, 5.74) is 9.28. The lowest BCUT2D eigenvalue weighted by molar-refractivity contribution is 0.355. The summed E-state index contributed by atoms with van der Waals surface area (Å²) >= 11 is 0. The average molecular weight is 271 g/mol. The fourth-order valence-corrected chi connectivity index (χ4v) is 2.32. The minimum absolute atomic E-state index is 0.709. The maximum Gasteiger partial charge on any atom is 0.161 e. The summed E-state index contributed by atoms with van der Waals surface area (Å²) in [6, 6.07) is 14.4. The van der Waals surface area contributed by atoms with Gasteiger partial charge in [-0.3, -0.25) is 0 Å². The number of methoxy groups -OCH3 is 2. The highest BCUT2D eigenvalue weighted by atomic mass is 16.5. The van der Waals surface area contributed by atoms with Crippen LogP contribution in [0.2, 0.25) is 0 Å². The maximum atomic E-state index is 5.61. The van der Waals surface area contributed by atoms with Gasteiger partial charge in [0, 0.05) is 0 Å². The minimum atomic E-state index is 0.709. The van der Waals surface area contributed by atoms with Crippen molar-refractivity contribution in [1.29, 1.82) is 0 Å². The lowest BCUT2D eigenvalue weighted by Gasteiger charge is -2.12. The second kappa shape index (κ2) is 6.96. The van der Waals surface area contributed by atoms with Crippen molar-refractivity contribution < 1.29 is 9.47 Å². The van der Waals surface area contributed by atoms with Crippen LogP contribution in [-0.2, 0) is 6.42 Å². The molecule has 0 radical (unpaired) electrons. The monoisotopic (exact) mass is 271 g/mol. The molecular weight excluding hydrogens is 250 g/mol. The third-order valence-corrected chi connectivity index (χ3v) is 3.36. The maximum absolute atomic E-state index is 5.61. The summed E-state index contributed by atoms with van der Waals surface area (Å²) in [6.07, 6.45) is 1.98. The minimum Gasteiger partial charge on any atom is -0.493 e. The lowest BCUT2D eigenvalue weighted by Crippen LogP contribution is -2.01. The molecule has 2 rings (SSSR count). The van der Waals surface area contributed by atoms with E-state index in [9.17, 15) is 0 Å². The topological polar surface area (TPSA) is 44.5 Å². The van der Waals surface area contributed by atoms with E-state index in [1.807, 2.05) is 12.1 Å². The van der Waals surface area contributed by atoms with Gasteiger partial charge in [0.1, 0.15) is 0 Å². The van der Waals surface area contributed by atoms with Crippen molar-refractivity contribution in [3.05, 3.63) is 48.0 Å². The summed E-state index contributed by atoms with van der Waals surface area (Å²) in [7, 11) is 3.30. The number of nitrogens with two attached hydrogens (primary N) is 1. The Morgan fingerprint density at radius 1 is 0.950 bits per heavy atom. The zero-order chi connectivity index (χ0) is 14.4. The van der Waals surface area contributed by atoms with Gasteiger partial charge < -0.3 is 15.2 Å². The number of benzene rings is 2. The molecule has 2 aromatic rings. The highest BCUT2D eigenvalue weighted by molar-refractivity contribution is 5.70. The number of hydrogen-bond donors (Lipinski definition) is 1. The van der Waals surface area contributed by atoms with Gasteiger partial charge >= 0.3 is 0 Å². The highest BCUT2D eigenvalue weighted by Gasteiger charge is 2.09. The van der Waals surface area contributed by atoms with Crippen LogP contribution in [-0.4, -0.2) is 20.8 Å². The Bertz CT molecular complexity index is 567. The molecule has 0 aromatic heterocycles. The number of aryl methyl sites for hydroxylation is 1. The number of hydrogen-bond acceptors (Lipinski definition) is 3. The SMILES string of the molecule is COc1ccc(-c2ccccc2CCCN)cc1OC. The van der Waals surface area contributed by atoms with E-state index in [-0.39, 0.29) is 0 Å². The van der Waals surface area contributed by atoms with Crippen LogP contribution in [0.15, 0.2) is 42.5 Å². The molecule has 0 atom stereocenters. The standard InChI is InChI=1S/C17H21NO2/c1-19-16-10-9-14(12-17(16)20-2)15-8-4-3-6-13(15)7-5-11-18/h3-4,6,8-10,12H,5,7,11,18H2,1-2H3. The molecule has 0 bridgehead atoms. The molecule has 0 fully saturated rings. The first-order valence-electron chi connectivity index (χ1n) is 6.80. The number of rotatable bonds is 6. The molecule has 2 N–H and O–H groups in total. The van der Waals surface area contributed by atoms with E-state index in [0.717, 1.165) is 29.9 Å². The van der Waals surface area contributed by atoms with Gasteiger partial charge in [0.15, 0.2) is 11.5 Å². The molecule has 0 aliphatic rings. The van der Waals surface area contributed by atoms with E-state index < -0.39 is 0 Å². The Labute approximate surface area is 120 Å². The first kappa shape index (κ1) is 14.4. The van der Waals surface area contributed by atoms with E-state index in [4.69, 9.17) is 15.2 Å². The predicted octanol–water partition coefficient (Wildman–Crippen LogP) is 3.26. The van der Waals surface area contributed by atoms with Crippen molar-refractivity contribution in [2.75, 3.05) is 20.8 Å². The second-order valence-corrected chi connectivity index (χ2v) is 4.62. The molecule has 0 saturated carbocycles. The molecule has 0 aliphatic carbocycles. The summed E-state index contributed by atoms with van der Waals surface area (Å²) in [5.74, 6) is 1.49. The Morgan fingerprint density at radius 3 is 2.40 bits per heavy atom. The quantitative estimate of drug-likeness (QED) is 0.877. The molecule has 106 valence electrons. The summed E-state index contributed by atoms with van der Waals surface area (Å²) < 4.78 is 10.7. The highest BCUT2D eigenvalue weighted by Crippen LogP contribution is 2.33. The number of ether oxygens (including phenoxy) is 2. The second-order valence-electron chi connectivity index (χ2n) is 4.62. The Kier molecular flexibility index (Phi) is 5.02. The molecule has 3 heteroatoms. The molecular formula is C17H21NO2. The molecule has 0 saturated heterocycles. The third-order valence-electron chi connectivity index (χ3n) is 3.36. The van der Waals surface area contributed by atoms with Crippen molar-refractivity contribution in [2.24, 2.45) is 5.73 Å². The first-order valence-corrected chi connectivity index (χ1v) is 6.80. The van der Waals surface area contributed by atoms with Crippen molar-refractivity contribution in [2.45, 2.75) is 12.8 Å². The van der Waals surface area contributed by atoms with E-state index in [1.54, 1.807) is 14.2 Å². The first-order chi connectivity index (χ1) is 9.80. The summed E-state index contributed by atoms with van der Waals surface area (Å²) in [6.45, 7) is 0.709. The van der Waals surface area contributed by atoms with Gasteiger partial charge in [-0.1, -0.05) is 30.3 Å². The van der Waals surface area contributed by atoms with Crippen LogP contribution in [0.3, 0.4) is 0 Å². The van der Waals surface area contributed by atoms with Gasteiger partial charge in [-0.25, -0.2) is 0 Å². The van der Waals surface area contributed by atoms with Crippen molar-refractivity contribution in [3.8, 4) is 22.6 Å². The zero-order valence-corrected chi connectivity index (χ0v) is 12.1. The Morgan fingerprint density at radius 2 is 1.70 bits per heavy atom. The third kappa shape index (κ3) is 3.11. The largest absolute Gasteiger partial charge is 0.493 e. The lowest BCUT2D eigenvalue weighted by atomic mass is 9.96. The van der Waals surface area contributed by atoms with E-state index >= 15 is 0 Å². The van der Waals surface area contributed by atoms with Gasteiger partial charge in [0.05, 0.1) is 14.2 Å². The normalized spacial score (nSPS) is 10.3. The van der Waals surface area contributed by atoms with Gasteiger partial charge in [-0.2, -0.15) is 0 Å². The van der Waals surface area contributed by atoms with Crippen LogP contribution < -0.4 is 15.2 Å². The van der Waals surface area contributed by atoms with Gasteiger partial charge in [0.2, 0.25) is 0 Å². The molecule has 3 nitrogen and oxygen atoms in total. The van der Waals surface area contributed by atoms with Crippen LogP contribution >= 0.6 is 0 Å². The molecule has 20 heavy (non-hydrogen) atoms. The van der Waals surface area contributed by atoms with Crippen LogP contribution in [0.25, 0.3) is 11.1 Å². The van der Waals surface area contributed by atoms with Gasteiger partial charge in [0.25, 0.3) is 0 Å². The van der Waals surface area contributed by atoms with Crippen molar-refractivity contribution in [3.63, 3.8) is 0 Å². The van der Waals surface area contributed by atoms with Crippen LogP contribution in [0, 0.1) is 0 Å². The van der Waals surface area contributed by atoms with Crippen LogP contribution in [0.5, 0.6) is 11.5 Å². The zero-order valence-electron chi connectivity index (χ0n) is 12.1. The summed E-state index contributed by atoms with van der Waals surface area (Å²) in [4.78, 5) is 0. The van der Waals surface area contributed by atoms with E-state index in [1.165, 1.54) is 11.1 Å². The fourth-order valence-electron chi connectivity index (χ4n) is 2.32. The Hall–Kier alpha value is -2.00. The van der Waals surface area contributed by atoms with Crippen LogP contribution in [0.1, 0.15) is 12.0 Å². The Balaban J connectivity index is 2.40. The molecule has 0 heterocycles. The fraction of sp³-hybridized carbons (Fsp3) is 0.294. The van der Waals surface area contributed by atoms with Crippen molar-refractivity contribution >= 4 is 0 Å². The molecule has 0 amide bonds.